The highest BCUT2D eigenvalue weighted by molar-refractivity contribution is 7.89. The molecule has 10 heteroatoms. The Bertz CT molecular complexity index is 1140. The zero-order valence-electron chi connectivity index (χ0n) is 23.5. The second-order valence-electron chi connectivity index (χ2n) is 9.98. The van der Waals surface area contributed by atoms with Crippen molar-refractivity contribution in [2.75, 3.05) is 20.2 Å². The molecule has 0 aliphatic heterocycles. The molecule has 0 aliphatic rings. The van der Waals surface area contributed by atoms with Crippen LogP contribution in [0.2, 0.25) is 0 Å². The zero-order chi connectivity index (χ0) is 29.0. The number of aliphatic hydroxyl groups is 1. The standard InChI is InChI=1S/C29H42N2O7S/c1-6-21(2)19-31(39(35,36)26-16-14-25(37-5)15-17-26)20-28(33)27(18-24-10-8-7-9-11-24)30-29(34)38-23(4)13-12-22(3)32/h7-11,14-17,21,23,27-28,33H,6,12-13,18-20H2,1-5H3,(H,30,34)/t21-,23+,27?,28+/m0/s1. The number of sulfonamides is 1. The van der Waals surface area contributed by atoms with Crippen LogP contribution in [0.25, 0.3) is 0 Å². The Hall–Kier alpha value is -2.95. The van der Waals surface area contributed by atoms with Crippen LogP contribution < -0.4 is 10.1 Å². The lowest BCUT2D eigenvalue weighted by atomic mass is 10.0. The highest BCUT2D eigenvalue weighted by Gasteiger charge is 2.32. The molecule has 0 radical (unpaired) electrons. The summed E-state index contributed by atoms with van der Waals surface area (Å²) in [7, 11) is -2.45. The molecule has 0 spiro atoms. The molecule has 2 rings (SSSR count). The van der Waals surface area contributed by atoms with Gasteiger partial charge in [-0.05, 0) is 62.4 Å². The first-order valence-electron chi connectivity index (χ1n) is 13.3. The molecular formula is C29H42N2O7S. The second-order valence-corrected chi connectivity index (χ2v) is 11.9. The highest BCUT2D eigenvalue weighted by Crippen LogP contribution is 2.22. The fourth-order valence-corrected chi connectivity index (χ4v) is 5.54. The number of Topliss-reactive ketones (excluding diaryl/α,β-unsaturated/α-hetero) is 1. The number of hydrogen-bond donors (Lipinski definition) is 2. The number of nitrogens with one attached hydrogen (secondary N) is 1. The number of methoxy groups -OCH3 is 1. The Kier molecular flexibility index (Phi) is 12.9. The number of rotatable bonds is 16. The van der Waals surface area contributed by atoms with Gasteiger partial charge in [-0.1, -0.05) is 50.6 Å². The molecule has 0 saturated heterocycles. The van der Waals surface area contributed by atoms with E-state index < -0.39 is 34.4 Å². The van der Waals surface area contributed by atoms with E-state index in [1.807, 2.05) is 44.2 Å². The monoisotopic (exact) mass is 562 g/mol. The maximum Gasteiger partial charge on any atom is 0.407 e. The number of amides is 1. The van der Waals surface area contributed by atoms with Crippen molar-refractivity contribution in [3.8, 4) is 5.75 Å². The molecule has 0 saturated carbocycles. The molecule has 2 aromatic carbocycles. The van der Waals surface area contributed by atoms with E-state index in [-0.39, 0.29) is 42.5 Å². The van der Waals surface area contributed by atoms with Crippen molar-refractivity contribution < 1.29 is 32.6 Å². The summed E-state index contributed by atoms with van der Waals surface area (Å²) in [6.07, 6.45) is -0.782. The van der Waals surface area contributed by atoms with Gasteiger partial charge >= 0.3 is 6.09 Å². The minimum absolute atomic E-state index is 0.00250. The molecule has 0 aromatic heterocycles. The second kappa shape index (κ2) is 15.6. The minimum Gasteiger partial charge on any atom is -0.497 e. The summed E-state index contributed by atoms with van der Waals surface area (Å²) in [5.41, 5.74) is 0.859. The van der Waals surface area contributed by atoms with Gasteiger partial charge in [0.05, 0.1) is 24.2 Å². The third kappa shape index (κ3) is 10.6. The number of aliphatic hydroxyl groups excluding tert-OH is 1. The molecule has 216 valence electrons. The van der Waals surface area contributed by atoms with Gasteiger partial charge in [0.2, 0.25) is 10.0 Å². The van der Waals surface area contributed by atoms with Crippen LogP contribution in [0.5, 0.6) is 5.75 Å². The average Bonchev–Trinajstić information content (AvgIpc) is 2.91. The third-order valence-electron chi connectivity index (χ3n) is 6.58. The average molecular weight is 563 g/mol. The van der Waals surface area contributed by atoms with Crippen LogP contribution in [0, 0.1) is 5.92 Å². The SMILES string of the molecule is CC[C@H](C)CN(C[C@@H](O)C(Cc1ccccc1)NC(=O)O[C@H](C)CCC(C)=O)S(=O)(=O)c1ccc(OC)cc1. The Morgan fingerprint density at radius 1 is 1.03 bits per heavy atom. The van der Waals surface area contributed by atoms with Crippen LogP contribution >= 0.6 is 0 Å². The van der Waals surface area contributed by atoms with Crippen LogP contribution in [-0.4, -0.2) is 68.2 Å². The first-order valence-corrected chi connectivity index (χ1v) is 14.7. The van der Waals surface area contributed by atoms with E-state index in [0.717, 1.165) is 12.0 Å². The van der Waals surface area contributed by atoms with Crippen LogP contribution in [0.1, 0.15) is 52.5 Å². The van der Waals surface area contributed by atoms with E-state index in [4.69, 9.17) is 9.47 Å². The Morgan fingerprint density at radius 3 is 2.23 bits per heavy atom. The van der Waals surface area contributed by atoms with Crippen molar-refractivity contribution in [1.82, 2.24) is 9.62 Å². The Labute approximate surface area is 232 Å². The summed E-state index contributed by atoms with van der Waals surface area (Å²) < 4.78 is 39.1. The van der Waals surface area contributed by atoms with E-state index in [1.54, 1.807) is 19.1 Å². The zero-order valence-corrected chi connectivity index (χ0v) is 24.3. The van der Waals surface area contributed by atoms with Crippen molar-refractivity contribution in [3.05, 3.63) is 60.2 Å². The van der Waals surface area contributed by atoms with Gasteiger partial charge in [0.15, 0.2) is 0 Å². The highest BCUT2D eigenvalue weighted by atomic mass is 32.2. The van der Waals surface area contributed by atoms with Crippen molar-refractivity contribution >= 4 is 21.9 Å². The number of carbonyl (C=O) groups is 2. The normalized spacial score (nSPS) is 14.7. The van der Waals surface area contributed by atoms with Gasteiger partial charge < -0.3 is 24.7 Å². The van der Waals surface area contributed by atoms with Gasteiger partial charge in [0, 0.05) is 19.5 Å². The molecule has 0 fully saturated rings. The van der Waals surface area contributed by atoms with E-state index in [9.17, 15) is 23.1 Å². The lowest BCUT2D eigenvalue weighted by molar-refractivity contribution is -0.117. The summed E-state index contributed by atoms with van der Waals surface area (Å²) in [5.74, 6) is 0.575. The molecule has 0 heterocycles. The Balaban J connectivity index is 2.28. The van der Waals surface area contributed by atoms with Crippen LogP contribution in [0.3, 0.4) is 0 Å². The van der Waals surface area contributed by atoms with Gasteiger partial charge in [-0.15, -0.1) is 0 Å². The van der Waals surface area contributed by atoms with Gasteiger partial charge in [0.25, 0.3) is 0 Å². The molecule has 39 heavy (non-hydrogen) atoms. The molecule has 2 aromatic rings. The largest absolute Gasteiger partial charge is 0.497 e. The number of ether oxygens (including phenoxy) is 2. The number of nitrogens with zero attached hydrogens (tertiary/aromatic N) is 1. The maximum absolute atomic E-state index is 13.6. The predicted molar refractivity (Wildman–Crippen MR) is 150 cm³/mol. The lowest BCUT2D eigenvalue weighted by Crippen LogP contribution is -2.51. The van der Waals surface area contributed by atoms with Gasteiger partial charge in [0.1, 0.15) is 17.6 Å². The molecule has 0 aliphatic carbocycles. The van der Waals surface area contributed by atoms with Gasteiger partial charge in [-0.25, -0.2) is 13.2 Å². The fraction of sp³-hybridized carbons (Fsp3) is 0.517. The molecule has 1 unspecified atom stereocenters. The van der Waals surface area contributed by atoms with Gasteiger partial charge in [-0.2, -0.15) is 4.31 Å². The van der Waals surface area contributed by atoms with Crippen LogP contribution in [0.15, 0.2) is 59.5 Å². The molecule has 0 bridgehead atoms. The number of hydrogen-bond acceptors (Lipinski definition) is 7. The number of benzene rings is 2. The van der Waals surface area contributed by atoms with Crippen molar-refractivity contribution in [2.45, 2.75) is 76.5 Å². The first kappa shape index (κ1) is 32.3. The van der Waals surface area contributed by atoms with E-state index in [2.05, 4.69) is 5.32 Å². The van der Waals surface area contributed by atoms with Crippen LogP contribution in [-0.2, 0) is 26.0 Å². The first-order chi connectivity index (χ1) is 18.5. The van der Waals surface area contributed by atoms with Gasteiger partial charge in [-0.3, -0.25) is 0 Å². The summed E-state index contributed by atoms with van der Waals surface area (Å²) >= 11 is 0. The van der Waals surface area contributed by atoms with Crippen molar-refractivity contribution in [3.63, 3.8) is 0 Å². The summed E-state index contributed by atoms with van der Waals surface area (Å²) in [6, 6.07) is 14.6. The molecule has 4 atom stereocenters. The molecular weight excluding hydrogens is 520 g/mol. The smallest absolute Gasteiger partial charge is 0.407 e. The minimum atomic E-state index is -3.95. The predicted octanol–water partition coefficient (Wildman–Crippen LogP) is 4.19. The molecule has 1 amide bonds. The number of alkyl carbamates (subject to hydrolysis) is 1. The molecule has 9 nitrogen and oxygen atoms in total. The number of ketones is 1. The summed E-state index contributed by atoms with van der Waals surface area (Å²) in [5, 5.41) is 14.1. The fourth-order valence-electron chi connectivity index (χ4n) is 3.97. The number of carbonyl (C=O) groups excluding carboxylic acids is 2. The molecule has 2 N–H and O–H groups in total. The topological polar surface area (TPSA) is 122 Å². The van der Waals surface area contributed by atoms with Crippen LogP contribution in [0.4, 0.5) is 4.79 Å². The van der Waals surface area contributed by atoms with Crippen molar-refractivity contribution in [1.29, 1.82) is 0 Å². The maximum atomic E-state index is 13.6. The van der Waals surface area contributed by atoms with Crippen molar-refractivity contribution in [2.24, 2.45) is 5.92 Å². The summed E-state index contributed by atoms with van der Waals surface area (Å²) in [6.45, 7) is 7.07. The van der Waals surface area contributed by atoms with E-state index >= 15 is 0 Å². The third-order valence-corrected chi connectivity index (χ3v) is 8.42. The summed E-state index contributed by atoms with van der Waals surface area (Å²) in [4.78, 5) is 24.1. The Morgan fingerprint density at radius 2 is 1.67 bits per heavy atom. The quantitative estimate of drug-likeness (QED) is 0.315. The lowest BCUT2D eigenvalue weighted by Gasteiger charge is -2.31. The van der Waals surface area contributed by atoms with E-state index in [0.29, 0.717) is 12.2 Å². The van der Waals surface area contributed by atoms with E-state index in [1.165, 1.54) is 30.5 Å².